The first-order chi connectivity index (χ1) is 10.3. The van der Waals surface area contributed by atoms with E-state index in [0.717, 1.165) is 16.6 Å². The fourth-order valence-corrected chi connectivity index (χ4v) is 2.32. The largest absolute Gasteiger partial charge is 0.280 e. The molecule has 0 saturated heterocycles. The van der Waals surface area contributed by atoms with E-state index in [1.807, 2.05) is 36.4 Å². The Kier molecular flexibility index (Phi) is 2.42. The molecule has 0 aliphatic rings. The van der Waals surface area contributed by atoms with E-state index in [1.54, 1.807) is 22.7 Å². The number of fused-ring (bicyclic) bond motifs is 2. The van der Waals surface area contributed by atoms with Crippen LogP contribution in [0.3, 0.4) is 0 Å². The van der Waals surface area contributed by atoms with E-state index in [4.69, 9.17) is 5.26 Å². The van der Waals surface area contributed by atoms with E-state index in [-0.39, 0.29) is 0 Å². The van der Waals surface area contributed by atoms with E-state index >= 15 is 0 Å². The molecule has 0 radical (unpaired) electrons. The number of aromatic nitrogens is 4. The van der Waals surface area contributed by atoms with Gasteiger partial charge in [0.25, 0.3) is 0 Å². The molecule has 0 N–H and O–H groups in total. The van der Waals surface area contributed by atoms with Crippen LogP contribution >= 0.6 is 0 Å². The van der Waals surface area contributed by atoms with Crippen LogP contribution in [-0.4, -0.2) is 19.6 Å². The Labute approximate surface area is 120 Å². The van der Waals surface area contributed by atoms with Crippen LogP contribution in [0, 0.1) is 11.3 Å². The Morgan fingerprint density at radius 1 is 0.952 bits per heavy atom. The molecule has 0 unspecified atom stereocenters. The van der Waals surface area contributed by atoms with Crippen molar-refractivity contribution in [2.24, 2.45) is 0 Å². The number of pyridine rings is 2. The quantitative estimate of drug-likeness (QED) is 0.534. The molecule has 1 aromatic carbocycles. The van der Waals surface area contributed by atoms with Gasteiger partial charge in [0.15, 0.2) is 11.5 Å². The molecule has 5 heteroatoms. The van der Waals surface area contributed by atoms with Crippen LogP contribution in [0.2, 0.25) is 0 Å². The number of benzene rings is 1. The lowest BCUT2D eigenvalue weighted by atomic mass is 10.2. The van der Waals surface area contributed by atoms with Crippen molar-refractivity contribution in [1.29, 1.82) is 5.26 Å². The highest BCUT2D eigenvalue weighted by atomic mass is 15.2. The fraction of sp³-hybridized carbons (Fsp3) is 0. The average Bonchev–Trinajstić information content (AvgIpc) is 2.97. The summed E-state index contributed by atoms with van der Waals surface area (Å²) in [6.07, 6.45) is 1.72. The predicted octanol–water partition coefficient (Wildman–Crippen LogP) is 2.82. The molecule has 0 amide bonds. The standard InChI is InChI=1S/C16H9N5/c17-9-11-5-8-15-19-20-16(21(15)10-11)14-7-6-12-3-1-2-4-13(12)18-14/h1-8,10H. The highest BCUT2D eigenvalue weighted by Gasteiger charge is 2.10. The first-order valence-electron chi connectivity index (χ1n) is 6.46. The molecule has 4 aromatic rings. The maximum absolute atomic E-state index is 9.02. The van der Waals surface area contributed by atoms with Crippen LogP contribution in [-0.2, 0) is 0 Å². The van der Waals surface area contributed by atoms with Gasteiger partial charge >= 0.3 is 0 Å². The molecule has 0 fully saturated rings. The van der Waals surface area contributed by atoms with E-state index < -0.39 is 0 Å². The van der Waals surface area contributed by atoms with E-state index in [0.29, 0.717) is 17.0 Å². The van der Waals surface area contributed by atoms with Crippen molar-refractivity contribution in [3.63, 3.8) is 0 Å². The summed E-state index contributed by atoms with van der Waals surface area (Å²) in [6, 6.07) is 17.5. The zero-order valence-electron chi connectivity index (χ0n) is 10.9. The van der Waals surface area contributed by atoms with Crippen LogP contribution in [0.4, 0.5) is 0 Å². The van der Waals surface area contributed by atoms with Gasteiger partial charge in [0.2, 0.25) is 0 Å². The monoisotopic (exact) mass is 271 g/mol. The second kappa shape index (κ2) is 4.39. The van der Waals surface area contributed by atoms with Crippen LogP contribution in [0.15, 0.2) is 54.7 Å². The molecule has 3 aromatic heterocycles. The summed E-state index contributed by atoms with van der Waals surface area (Å²) in [7, 11) is 0. The van der Waals surface area contributed by atoms with Crippen LogP contribution in [0.1, 0.15) is 5.56 Å². The summed E-state index contributed by atoms with van der Waals surface area (Å²) >= 11 is 0. The second-order valence-electron chi connectivity index (χ2n) is 4.67. The maximum atomic E-state index is 9.02. The van der Waals surface area contributed by atoms with Crippen molar-refractivity contribution in [2.75, 3.05) is 0 Å². The Morgan fingerprint density at radius 3 is 2.76 bits per heavy atom. The van der Waals surface area contributed by atoms with E-state index in [1.165, 1.54) is 0 Å². The SMILES string of the molecule is N#Cc1ccc2nnc(-c3ccc4ccccc4n3)n2c1. The van der Waals surface area contributed by atoms with Crippen molar-refractivity contribution < 1.29 is 0 Å². The Hall–Kier alpha value is -3.26. The van der Waals surface area contributed by atoms with Gasteiger partial charge in [0.1, 0.15) is 11.8 Å². The van der Waals surface area contributed by atoms with Gasteiger partial charge in [-0.3, -0.25) is 4.40 Å². The van der Waals surface area contributed by atoms with Crippen molar-refractivity contribution in [2.45, 2.75) is 0 Å². The number of rotatable bonds is 1. The van der Waals surface area contributed by atoms with Crippen molar-refractivity contribution >= 4 is 16.6 Å². The minimum absolute atomic E-state index is 0.560. The average molecular weight is 271 g/mol. The van der Waals surface area contributed by atoms with Crippen molar-refractivity contribution in [3.05, 3.63) is 60.3 Å². The number of hydrogen-bond acceptors (Lipinski definition) is 4. The van der Waals surface area contributed by atoms with E-state index in [2.05, 4.69) is 21.3 Å². The molecule has 3 heterocycles. The van der Waals surface area contributed by atoms with Gasteiger partial charge in [0.05, 0.1) is 11.1 Å². The lowest BCUT2D eigenvalue weighted by Gasteiger charge is -2.02. The topological polar surface area (TPSA) is 66.9 Å². The molecule has 0 spiro atoms. The minimum atomic E-state index is 0.560. The highest BCUT2D eigenvalue weighted by molar-refractivity contribution is 5.80. The summed E-state index contributed by atoms with van der Waals surface area (Å²) in [5, 5.41) is 18.4. The molecular formula is C16H9N5. The van der Waals surface area contributed by atoms with Crippen molar-refractivity contribution in [3.8, 4) is 17.6 Å². The molecule has 4 rings (SSSR count). The molecule has 0 atom stereocenters. The van der Waals surface area contributed by atoms with E-state index in [9.17, 15) is 0 Å². The third-order valence-corrected chi connectivity index (χ3v) is 3.36. The lowest BCUT2D eigenvalue weighted by molar-refractivity contribution is 1.09. The number of nitrogens with zero attached hydrogens (tertiary/aromatic N) is 5. The molecule has 0 saturated carbocycles. The summed E-state index contributed by atoms with van der Waals surface area (Å²) in [5.41, 5.74) is 2.89. The summed E-state index contributed by atoms with van der Waals surface area (Å²) in [4.78, 5) is 4.62. The molecular weight excluding hydrogens is 262 g/mol. The fourth-order valence-electron chi connectivity index (χ4n) is 2.32. The smallest absolute Gasteiger partial charge is 0.187 e. The third kappa shape index (κ3) is 1.82. The van der Waals surface area contributed by atoms with Gasteiger partial charge in [-0.1, -0.05) is 24.3 Å². The maximum Gasteiger partial charge on any atom is 0.187 e. The third-order valence-electron chi connectivity index (χ3n) is 3.36. The first kappa shape index (κ1) is 11.6. The second-order valence-corrected chi connectivity index (χ2v) is 4.67. The van der Waals surface area contributed by atoms with Gasteiger partial charge in [0, 0.05) is 11.6 Å². The van der Waals surface area contributed by atoms with Crippen molar-refractivity contribution in [1.82, 2.24) is 19.6 Å². The number of nitriles is 1. The number of hydrogen-bond donors (Lipinski definition) is 0. The Bertz CT molecular complexity index is 1010. The van der Waals surface area contributed by atoms with Gasteiger partial charge in [-0.15, -0.1) is 10.2 Å². The van der Waals surface area contributed by atoms with Crippen LogP contribution in [0.25, 0.3) is 28.1 Å². The summed E-state index contributed by atoms with van der Waals surface area (Å²) < 4.78 is 1.79. The van der Waals surface area contributed by atoms with Gasteiger partial charge in [-0.2, -0.15) is 5.26 Å². The van der Waals surface area contributed by atoms with Crippen LogP contribution in [0.5, 0.6) is 0 Å². The normalized spacial score (nSPS) is 10.8. The lowest BCUT2D eigenvalue weighted by Crippen LogP contribution is -1.93. The van der Waals surface area contributed by atoms with Gasteiger partial charge in [-0.05, 0) is 24.3 Å². The molecule has 0 aliphatic heterocycles. The molecule has 5 nitrogen and oxygen atoms in total. The van der Waals surface area contributed by atoms with Gasteiger partial charge < -0.3 is 0 Å². The molecule has 21 heavy (non-hydrogen) atoms. The summed E-state index contributed by atoms with van der Waals surface area (Å²) in [5.74, 6) is 0.632. The molecule has 0 aliphatic carbocycles. The number of para-hydroxylation sites is 1. The van der Waals surface area contributed by atoms with Crippen LogP contribution < -0.4 is 0 Å². The zero-order chi connectivity index (χ0) is 14.2. The Balaban J connectivity index is 1.97. The first-order valence-corrected chi connectivity index (χ1v) is 6.46. The summed E-state index contributed by atoms with van der Waals surface area (Å²) in [6.45, 7) is 0. The molecule has 98 valence electrons. The minimum Gasteiger partial charge on any atom is -0.280 e. The molecule has 0 bridgehead atoms. The van der Waals surface area contributed by atoms with Gasteiger partial charge in [-0.25, -0.2) is 4.98 Å². The Morgan fingerprint density at radius 2 is 1.86 bits per heavy atom. The highest BCUT2D eigenvalue weighted by Crippen LogP contribution is 2.20. The zero-order valence-corrected chi connectivity index (χ0v) is 10.9. The predicted molar refractivity (Wildman–Crippen MR) is 78.4 cm³/mol.